The van der Waals surface area contributed by atoms with Gasteiger partial charge in [0.2, 0.25) is 0 Å². The van der Waals surface area contributed by atoms with Crippen LogP contribution in [0.4, 0.5) is 0 Å². The molecule has 0 atom stereocenters. The van der Waals surface area contributed by atoms with Crippen molar-refractivity contribution in [1.82, 2.24) is 15.1 Å². The fourth-order valence-electron chi connectivity index (χ4n) is 1.79. The second kappa shape index (κ2) is 5.49. The molecule has 18 heavy (non-hydrogen) atoms. The van der Waals surface area contributed by atoms with Crippen LogP contribution in [0.2, 0.25) is 0 Å². The Morgan fingerprint density at radius 2 is 2.06 bits per heavy atom. The van der Waals surface area contributed by atoms with Crippen LogP contribution in [0.3, 0.4) is 0 Å². The van der Waals surface area contributed by atoms with Gasteiger partial charge < -0.3 is 5.32 Å². The maximum Gasteiger partial charge on any atom is 0.271 e. The molecule has 0 aliphatic carbocycles. The van der Waals surface area contributed by atoms with Crippen molar-refractivity contribution in [2.24, 2.45) is 7.05 Å². The Hall–Kier alpha value is -2.10. The van der Waals surface area contributed by atoms with Crippen molar-refractivity contribution in [3.63, 3.8) is 0 Å². The predicted molar refractivity (Wildman–Crippen MR) is 71.3 cm³/mol. The van der Waals surface area contributed by atoms with Gasteiger partial charge in [0.25, 0.3) is 5.91 Å². The van der Waals surface area contributed by atoms with Gasteiger partial charge in [-0.15, -0.1) is 0 Å². The number of carbonyl (C=O) groups is 1. The first kappa shape index (κ1) is 12.4. The molecular weight excluding hydrogens is 226 g/mol. The van der Waals surface area contributed by atoms with Crippen LogP contribution < -0.4 is 5.32 Å². The Labute approximate surface area is 107 Å². The molecule has 2 rings (SSSR count). The molecule has 0 radical (unpaired) electrons. The number of nitrogens with one attached hydrogen (secondary N) is 1. The third-order valence-electron chi connectivity index (χ3n) is 2.72. The SMILES string of the molecule is CCCNC(=O)c1cc(-c2ccccc2)n(C)n1. The van der Waals surface area contributed by atoms with Gasteiger partial charge in [0, 0.05) is 13.6 Å². The maximum absolute atomic E-state index is 11.8. The van der Waals surface area contributed by atoms with E-state index < -0.39 is 0 Å². The molecule has 0 aliphatic rings. The van der Waals surface area contributed by atoms with Gasteiger partial charge in [-0.3, -0.25) is 9.48 Å². The summed E-state index contributed by atoms with van der Waals surface area (Å²) in [6.07, 6.45) is 0.921. The molecule has 1 heterocycles. The molecule has 1 amide bonds. The number of carbonyl (C=O) groups excluding carboxylic acids is 1. The van der Waals surface area contributed by atoms with E-state index in [4.69, 9.17) is 0 Å². The molecule has 0 bridgehead atoms. The molecule has 2 aromatic rings. The average Bonchev–Trinajstić information content (AvgIpc) is 2.79. The van der Waals surface area contributed by atoms with E-state index >= 15 is 0 Å². The van der Waals surface area contributed by atoms with Crippen LogP contribution in [0.5, 0.6) is 0 Å². The number of aromatic nitrogens is 2. The molecule has 4 nitrogen and oxygen atoms in total. The van der Waals surface area contributed by atoms with Gasteiger partial charge in [-0.2, -0.15) is 5.10 Å². The highest BCUT2D eigenvalue weighted by atomic mass is 16.1. The maximum atomic E-state index is 11.8. The van der Waals surface area contributed by atoms with Crippen molar-refractivity contribution in [1.29, 1.82) is 0 Å². The zero-order valence-corrected chi connectivity index (χ0v) is 10.7. The molecule has 0 spiro atoms. The lowest BCUT2D eigenvalue weighted by Crippen LogP contribution is -2.24. The van der Waals surface area contributed by atoms with Crippen LogP contribution in [-0.2, 0) is 7.05 Å². The van der Waals surface area contributed by atoms with E-state index in [1.54, 1.807) is 4.68 Å². The first-order valence-corrected chi connectivity index (χ1v) is 6.10. The van der Waals surface area contributed by atoms with Gasteiger partial charge in [0.05, 0.1) is 5.69 Å². The second-order valence-corrected chi connectivity index (χ2v) is 4.16. The highest BCUT2D eigenvalue weighted by Gasteiger charge is 2.12. The highest BCUT2D eigenvalue weighted by molar-refractivity contribution is 5.93. The molecule has 0 saturated heterocycles. The number of rotatable bonds is 4. The third-order valence-corrected chi connectivity index (χ3v) is 2.72. The fraction of sp³-hybridized carbons (Fsp3) is 0.286. The van der Waals surface area contributed by atoms with E-state index in [1.165, 1.54) is 0 Å². The van der Waals surface area contributed by atoms with Crippen LogP contribution in [0.25, 0.3) is 11.3 Å². The Kier molecular flexibility index (Phi) is 3.77. The molecule has 1 N–H and O–H groups in total. The number of hydrogen-bond donors (Lipinski definition) is 1. The number of aryl methyl sites for hydroxylation is 1. The summed E-state index contributed by atoms with van der Waals surface area (Å²) in [5.41, 5.74) is 2.46. The second-order valence-electron chi connectivity index (χ2n) is 4.16. The highest BCUT2D eigenvalue weighted by Crippen LogP contribution is 2.19. The van der Waals surface area contributed by atoms with E-state index in [1.807, 2.05) is 50.4 Å². The summed E-state index contributed by atoms with van der Waals surface area (Å²) in [6, 6.07) is 11.7. The molecule has 0 unspecified atom stereocenters. The molecular formula is C14H17N3O. The smallest absolute Gasteiger partial charge is 0.271 e. The Morgan fingerprint density at radius 3 is 2.72 bits per heavy atom. The normalized spacial score (nSPS) is 10.3. The van der Waals surface area contributed by atoms with Crippen LogP contribution in [-0.4, -0.2) is 22.2 Å². The van der Waals surface area contributed by atoms with E-state index in [9.17, 15) is 4.79 Å². The molecule has 94 valence electrons. The van der Waals surface area contributed by atoms with Crippen molar-refractivity contribution in [2.75, 3.05) is 6.54 Å². The van der Waals surface area contributed by atoms with Crippen molar-refractivity contribution in [3.8, 4) is 11.3 Å². The quantitative estimate of drug-likeness (QED) is 0.895. The minimum absolute atomic E-state index is 0.116. The monoisotopic (exact) mass is 243 g/mol. The number of nitrogens with zero attached hydrogens (tertiary/aromatic N) is 2. The van der Waals surface area contributed by atoms with Crippen molar-refractivity contribution >= 4 is 5.91 Å². The standard InChI is InChI=1S/C14H17N3O/c1-3-9-15-14(18)12-10-13(17(2)16-12)11-7-5-4-6-8-11/h4-8,10H,3,9H2,1-2H3,(H,15,18). The van der Waals surface area contributed by atoms with Crippen molar-refractivity contribution < 1.29 is 4.79 Å². The van der Waals surface area contributed by atoms with Crippen LogP contribution in [0.1, 0.15) is 23.8 Å². The minimum atomic E-state index is -0.116. The zero-order chi connectivity index (χ0) is 13.0. The summed E-state index contributed by atoms with van der Waals surface area (Å²) in [7, 11) is 1.85. The third kappa shape index (κ3) is 2.59. The van der Waals surface area contributed by atoms with E-state index in [0.717, 1.165) is 17.7 Å². The first-order chi connectivity index (χ1) is 8.72. The van der Waals surface area contributed by atoms with Crippen molar-refractivity contribution in [3.05, 3.63) is 42.1 Å². The van der Waals surface area contributed by atoms with E-state index in [-0.39, 0.29) is 5.91 Å². The molecule has 0 fully saturated rings. The zero-order valence-electron chi connectivity index (χ0n) is 10.7. The average molecular weight is 243 g/mol. The van der Waals surface area contributed by atoms with Gasteiger partial charge in [-0.05, 0) is 18.1 Å². The van der Waals surface area contributed by atoms with E-state index in [0.29, 0.717) is 12.2 Å². The van der Waals surface area contributed by atoms with Gasteiger partial charge in [-0.25, -0.2) is 0 Å². The molecule has 0 aliphatic heterocycles. The summed E-state index contributed by atoms with van der Waals surface area (Å²) in [6.45, 7) is 2.70. The number of benzene rings is 1. The lowest BCUT2D eigenvalue weighted by Gasteiger charge is -1.99. The molecule has 4 heteroatoms. The molecule has 1 aromatic heterocycles. The Bertz CT molecular complexity index is 531. The topological polar surface area (TPSA) is 46.9 Å². The Balaban J connectivity index is 2.25. The predicted octanol–water partition coefficient (Wildman–Crippen LogP) is 2.23. The summed E-state index contributed by atoms with van der Waals surface area (Å²) in [4.78, 5) is 11.8. The molecule has 0 saturated carbocycles. The summed E-state index contributed by atoms with van der Waals surface area (Å²) < 4.78 is 1.73. The number of amides is 1. The summed E-state index contributed by atoms with van der Waals surface area (Å²) >= 11 is 0. The summed E-state index contributed by atoms with van der Waals surface area (Å²) in [5.74, 6) is -0.116. The van der Waals surface area contributed by atoms with Gasteiger partial charge in [-0.1, -0.05) is 37.3 Å². The first-order valence-electron chi connectivity index (χ1n) is 6.10. The van der Waals surface area contributed by atoms with Crippen LogP contribution in [0, 0.1) is 0 Å². The van der Waals surface area contributed by atoms with Crippen molar-refractivity contribution in [2.45, 2.75) is 13.3 Å². The van der Waals surface area contributed by atoms with E-state index in [2.05, 4.69) is 10.4 Å². The minimum Gasteiger partial charge on any atom is -0.351 e. The number of hydrogen-bond acceptors (Lipinski definition) is 2. The molecule has 1 aromatic carbocycles. The fourth-order valence-corrected chi connectivity index (χ4v) is 1.79. The lowest BCUT2D eigenvalue weighted by molar-refractivity contribution is 0.0948. The van der Waals surface area contributed by atoms with Gasteiger partial charge in [0.1, 0.15) is 0 Å². The largest absolute Gasteiger partial charge is 0.351 e. The van der Waals surface area contributed by atoms with Gasteiger partial charge >= 0.3 is 0 Å². The van der Waals surface area contributed by atoms with Gasteiger partial charge in [0.15, 0.2) is 5.69 Å². The lowest BCUT2D eigenvalue weighted by atomic mass is 10.1. The summed E-state index contributed by atoms with van der Waals surface area (Å²) in [5, 5.41) is 7.07. The van der Waals surface area contributed by atoms with Crippen LogP contribution in [0.15, 0.2) is 36.4 Å². The Morgan fingerprint density at radius 1 is 1.33 bits per heavy atom. The van der Waals surface area contributed by atoms with Crippen LogP contribution >= 0.6 is 0 Å².